The predicted octanol–water partition coefficient (Wildman–Crippen LogP) is 13.4. The van der Waals surface area contributed by atoms with Crippen LogP contribution in [0.5, 0.6) is 0 Å². The topological polar surface area (TPSA) is 90.5 Å². The van der Waals surface area contributed by atoms with Crippen molar-refractivity contribution in [3.8, 4) is 79.2 Å². The van der Waals surface area contributed by atoms with Crippen molar-refractivity contribution in [2.45, 2.75) is 12.8 Å². The fraction of sp³-hybridized carbons (Fsp3) is 0.0370. The van der Waals surface area contributed by atoms with Crippen LogP contribution in [-0.4, -0.2) is 29.9 Å². The van der Waals surface area contributed by atoms with Crippen molar-refractivity contribution in [1.82, 2.24) is 29.9 Å². The lowest BCUT2D eigenvalue weighted by Crippen LogP contribution is -2.03. The molecule has 11 rings (SSSR count). The quantitative estimate of drug-likeness (QED) is 0.151. The zero-order valence-corrected chi connectivity index (χ0v) is 33.0. The molecule has 0 aliphatic heterocycles. The summed E-state index contributed by atoms with van der Waals surface area (Å²) < 4.78 is 6.44. The van der Waals surface area contributed by atoms with E-state index in [1.807, 2.05) is 97.1 Å². The first-order valence-corrected chi connectivity index (χ1v) is 20.4. The number of aromatic nitrogens is 6. The van der Waals surface area contributed by atoms with Crippen LogP contribution >= 0.6 is 0 Å². The fourth-order valence-electron chi connectivity index (χ4n) is 7.92. The number of fused-ring (bicyclic) bond motifs is 3. The second-order valence-electron chi connectivity index (χ2n) is 15.0. The second kappa shape index (κ2) is 15.5. The molecule has 7 aromatic carbocycles. The molecule has 0 saturated carbocycles. The third-order valence-electron chi connectivity index (χ3n) is 11.0. The van der Waals surface area contributed by atoms with Gasteiger partial charge in [0, 0.05) is 44.2 Å². The summed E-state index contributed by atoms with van der Waals surface area (Å²) in [6.07, 6.45) is 8.48. The van der Waals surface area contributed by atoms with Crippen LogP contribution in [0.2, 0.25) is 0 Å². The van der Waals surface area contributed by atoms with Crippen molar-refractivity contribution in [1.29, 1.82) is 0 Å². The number of allylic oxidation sites excluding steroid dienone is 4. The van der Waals surface area contributed by atoms with E-state index in [0.29, 0.717) is 34.9 Å². The molecule has 3 heterocycles. The molecule has 0 atom stereocenters. The normalized spacial score (nSPS) is 12.5. The standard InChI is InChI=1S/C54H36N6O/c1-5-14-37(15-6-1)49-55-50(38-16-7-2-8-17-38)58-53(57-49)41-28-24-35(25-29-41)43-32-33-46-45(34-43)48-44(22-13-23-47(48)61-46)36-26-30-42(31-27-36)54-59-51(39-18-9-3-10-19-39)56-52(60-54)40-20-11-4-12-21-40/h1-3,5-11,13-34H,4,12H2. The smallest absolute Gasteiger partial charge is 0.164 e. The van der Waals surface area contributed by atoms with Crippen molar-refractivity contribution >= 4 is 27.5 Å². The minimum atomic E-state index is 0.623. The molecular formula is C54H36N6O. The van der Waals surface area contributed by atoms with Crippen LogP contribution in [0.3, 0.4) is 0 Å². The van der Waals surface area contributed by atoms with Crippen LogP contribution in [-0.2, 0) is 0 Å². The summed E-state index contributed by atoms with van der Waals surface area (Å²) in [5.74, 6) is 3.88. The molecule has 0 radical (unpaired) electrons. The van der Waals surface area contributed by atoms with E-state index >= 15 is 0 Å². The van der Waals surface area contributed by atoms with Gasteiger partial charge in [-0.15, -0.1) is 0 Å². The van der Waals surface area contributed by atoms with Crippen LogP contribution in [0, 0.1) is 0 Å². The average Bonchev–Trinajstić information content (AvgIpc) is 3.73. The molecule has 10 aromatic rings. The van der Waals surface area contributed by atoms with Crippen LogP contribution in [0.25, 0.3) is 107 Å². The van der Waals surface area contributed by atoms with Gasteiger partial charge in [0.1, 0.15) is 11.2 Å². The first-order chi connectivity index (χ1) is 30.2. The number of nitrogens with zero attached hydrogens (tertiary/aromatic N) is 6. The van der Waals surface area contributed by atoms with Gasteiger partial charge >= 0.3 is 0 Å². The van der Waals surface area contributed by atoms with Crippen LogP contribution < -0.4 is 0 Å². The molecule has 1 aliphatic carbocycles. The first-order valence-electron chi connectivity index (χ1n) is 20.4. The van der Waals surface area contributed by atoms with E-state index in [1.165, 1.54) is 0 Å². The molecule has 0 spiro atoms. The lowest BCUT2D eigenvalue weighted by Gasteiger charge is -2.11. The molecule has 0 unspecified atom stereocenters. The van der Waals surface area contributed by atoms with E-state index < -0.39 is 0 Å². The number of rotatable bonds is 8. The summed E-state index contributed by atoms with van der Waals surface area (Å²) in [7, 11) is 0. The molecule has 0 amide bonds. The Morgan fingerprint density at radius 3 is 1.31 bits per heavy atom. The van der Waals surface area contributed by atoms with Gasteiger partial charge in [0.05, 0.1) is 0 Å². The third-order valence-corrected chi connectivity index (χ3v) is 11.0. The molecule has 0 N–H and O–H groups in total. The highest BCUT2D eigenvalue weighted by Crippen LogP contribution is 2.39. The highest BCUT2D eigenvalue weighted by molar-refractivity contribution is 6.13. The lowest BCUT2D eigenvalue weighted by molar-refractivity contribution is 0.669. The van der Waals surface area contributed by atoms with Crippen molar-refractivity contribution in [2.24, 2.45) is 0 Å². The molecule has 7 nitrogen and oxygen atoms in total. The van der Waals surface area contributed by atoms with Crippen molar-refractivity contribution < 1.29 is 4.42 Å². The van der Waals surface area contributed by atoms with Crippen molar-refractivity contribution in [3.05, 3.63) is 200 Å². The predicted molar refractivity (Wildman–Crippen MR) is 245 cm³/mol. The Morgan fingerprint density at radius 1 is 0.344 bits per heavy atom. The summed E-state index contributed by atoms with van der Waals surface area (Å²) in [4.78, 5) is 29.5. The van der Waals surface area contributed by atoms with Crippen molar-refractivity contribution in [2.75, 3.05) is 0 Å². The van der Waals surface area contributed by atoms with Gasteiger partial charge in [-0.05, 0) is 53.3 Å². The molecule has 61 heavy (non-hydrogen) atoms. The van der Waals surface area contributed by atoms with Gasteiger partial charge in [-0.25, -0.2) is 29.9 Å². The first kappa shape index (κ1) is 36.0. The van der Waals surface area contributed by atoms with Gasteiger partial charge in [-0.2, -0.15) is 0 Å². The second-order valence-corrected chi connectivity index (χ2v) is 15.0. The zero-order valence-electron chi connectivity index (χ0n) is 33.0. The average molecular weight is 785 g/mol. The number of hydrogen-bond acceptors (Lipinski definition) is 7. The van der Waals surface area contributed by atoms with Crippen LogP contribution in [0.15, 0.2) is 199 Å². The molecule has 0 saturated heterocycles. The summed E-state index contributed by atoms with van der Waals surface area (Å²) in [5, 5.41) is 2.12. The molecule has 0 bridgehead atoms. The van der Waals surface area contributed by atoms with Gasteiger partial charge in [-0.3, -0.25) is 0 Å². The summed E-state index contributed by atoms with van der Waals surface area (Å²) >= 11 is 0. The third kappa shape index (κ3) is 7.08. The molecule has 288 valence electrons. The maximum atomic E-state index is 6.44. The maximum absolute atomic E-state index is 6.44. The largest absolute Gasteiger partial charge is 0.456 e. The molecule has 3 aromatic heterocycles. The Bertz CT molecular complexity index is 3210. The zero-order chi connectivity index (χ0) is 40.5. The minimum Gasteiger partial charge on any atom is -0.456 e. The SMILES string of the molecule is C1=CC(c2nc(-c3ccccc3)nc(-c3ccc(-c4cccc5oc6ccc(-c7ccc(-c8nc(-c9ccccc9)nc(-c9ccccc9)n8)cc7)cc6c45)cc3)n2)=CCC1. The molecule has 1 aliphatic rings. The van der Waals surface area contributed by atoms with E-state index in [0.717, 1.165) is 90.4 Å². The van der Waals surface area contributed by atoms with Crippen molar-refractivity contribution in [3.63, 3.8) is 0 Å². The maximum Gasteiger partial charge on any atom is 0.164 e. The summed E-state index contributed by atoms with van der Waals surface area (Å²) in [5.41, 5.74) is 11.7. The van der Waals surface area contributed by atoms with Crippen LogP contribution in [0.4, 0.5) is 0 Å². The Balaban J connectivity index is 0.934. The Morgan fingerprint density at radius 2 is 0.803 bits per heavy atom. The number of furan rings is 1. The lowest BCUT2D eigenvalue weighted by atomic mass is 9.96. The van der Waals surface area contributed by atoms with Gasteiger partial charge in [0.25, 0.3) is 0 Å². The Kier molecular flexibility index (Phi) is 9.16. The van der Waals surface area contributed by atoms with E-state index in [-0.39, 0.29) is 0 Å². The minimum absolute atomic E-state index is 0.623. The van der Waals surface area contributed by atoms with Gasteiger partial charge in [0.2, 0.25) is 0 Å². The number of hydrogen-bond donors (Lipinski definition) is 0. The molecule has 0 fully saturated rings. The highest BCUT2D eigenvalue weighted by Gasteiger charge is 2.17. The van der Waals surface area contributed by atoms with E-state index in [1.54, 1.807) is 0 Å². The fourth-order valence-corrected chi connectivity index (χ4v) is 7.92. The van der Waals surface area contributed by atoms with E-state index in [4.69, 9.17) is 34.3 Å². The van der Waals surface area contributed by atoms with Gasteiger partial charge in [0.15, 0.2) is 34.9 Å². The summed E-state index contributed by atoms with van der Waals surface area (Å²) in [6, 6.07) is 59.7. The van der Waals surface area contributed by atoms with E-state index in [9.17, 15) is 0 Å². The Labute approximate surface area is 352 Å². The van der Waals surface area contributed by atoms with E-state index in [2.05, 4.69) is 97.1 Å². The van der Waals surface area contributed by atoms with Crippen LogP contribution in [0.1, 0.15) is 18.7 Å². The molecular weight excluding hydrogens is 749 g/mol. The summed E-state index contributed by atoms with van der Waals surface area (Å²) in [6.45, 7) is 0. The molecule has 7 heteroatoms. The highest BCUT2D eigenvalue weighted by atomic mass is 16.3. The van der Waals surface area contributed by atoms with Gasteiger partial charge < -0.3 is 4.42 Å². The van der Waals surface area contributed by atoms with Gasteiger partial charge in [-0.1, -0.05) is 176 Å². The monoisotopic (exact) mass is 784 g/mol. The number of benzene rings is 7. The Hall–Kier alpha value is -8.16.